The third-order valence-electron chi connectivity index (χ3n) is 3.55. The Hall–Kier alpha value is -1.82. The minimum Gasteiger partial charge on any atom is -0.459 e. The molecule has 0 N–H and O–H groups in total. The average molecular weight is 349 g/mol. The third-order valence-corrected chi connectivity index (χ3v) is 4.49. The molecule has 1 aromatic carbocycles. The molecular weight excluding hydrogens is 326 g/mol. The van der Waals surface area contributed by atoms with Gasteiger partial charge in [0.25, 0.3) is 0 Å². The van der Waals surface area contributed by atoms with Crippen LogP contribution in [0, 0.1) is 0 Å². The summed E-state index contributed by atoms with van der Waals surface area (Å²) in [5.74, 6) is -0.473. The number of hydrogen-bond donors (Lipinski definition) is 0. The van der Waals surface area contributed by atoms with E-state index < -0.39 is 11.6 Å². The van der Waals surface area contributed by atoms with Crippen LogP contribution in [-0.4, -0.2) is 40.1 Å². The van der Waals surface area contributed by atoms with E-state index in [0.717, 1.165) is 4.90 Å². The standard InChI is InChI=1S/C18H23NO4S/c1-18(2,3)23-16(21)12-19-13(11-15(19)20)9-10-17(22)24-14-7-5-4-6-8-14/h4-8,13H,9-12H2,1-3H3/t13-/m1/s1. The minimum absolute atomic E-state index is 0.0409. The normalized spacial score (nSPS) is 17.4. The maximum Gasteiger partial charge on any atom is 0.326 e. The predicted molar refractivity (Wildman–Crippen MR) is 92.5 cm³/mol. The number of likely N-dealkylation sites (tertiary alicyclic amines) is 1. The van der Waals surface area contributed by atoms with Crippen molar-refractivity contribution in [3.63, 3.8) is 0 Å². The molecule has 0 bridgehead atoms. The minimum atomic E-state index is -0.567. The van der Waals surface area contributed by atoms with Gasteiger partial charge in [-0.05, 0) is 39.3 Å². The molecule has 1 aliphatic heterocycles. The fraction of sp³-hybridized carbons (Fsp3) is 0.500. The van der Waals surface area contributed by atoms with Crippen LogP contribution in [-0.2, 0) is 19.1 Å². The van der Waals surface area contributed by atoms with Crippen LogP contribution in [0.3, 0.4) is 0 Å². The van der Waals surface area contributed by atoms with E-state index in [1.807, 2.05) is 30.3 Å². The molecule has 0 unspecified atom stereocenters. The Labute approximate surface area is 146 Å². The number of carbonyl (C=O) groups is 3. The smallest absolute Gasteiger partial charge is 0.326 e. The second kappa shape index (κ2) is 7.83. The van der Waals surface area contributed by atoms with E-state index in [-0.39, 0.29) is 23.6 Å². The maximum absolute atomic E-state index is 12.0. The van der Waals surface area contributed by atoms with Crippen molar-refractivity contribution in [2.24, 2.45) is 0 Å². The Bertz CT molecular complexity index is 609. The van der Waals surface area contributed by atoms with Crippen molar-refractivity contribution >= 4 is 28.8 Å². The first kappa shape index (κ1) is 18.5. The van der Waals surface area contributed by atoms with Crippen molar-refractivity contribution in [3.05, 3.63) is 30.3 Å². The number of rotatable bonds is 6. The summed E-state index contributed by atoms with van der Waals surface area (Å²) >= 11 is 1.21. The molecule has 2 rings (SSSR count). The second-order valence-electron chi connectivity index (χ2n) is 6.79. The van der Waals surface area contributed by atoms with E-state index in [4.69, 9.17) is 4.74 Å². The number of carbonyl (C=O) groups excluding carboxylic acids is 3. The summed E-state index contributed by atoms with van der Waals surface area (Å²) in [4.78, 5) is 38.0. The third kappa shape index (κ3) is 5.67. The van der Waals surface area contributed by atoms with Crippen molar-refractivity contribution in [1.29, 1.82) is 0 Å². The first-order chi connectivity index (χ1) is 11.2. The highest BCUT2D eigenvalue weighted by Gasteiger charge is 2.37. The molecule has 1 aliphatic rings. The van der Waals surface area contributed by atoms with Gasteiger partial charge in [0.1, 0.15) is 12.1 Å². The van der Waals surface area contributed by atoms with Crippen molar-refractivity contribution in [2.75, 3.05) is 6.54 Å². The number of amides is 1. The average Bonchev–Trinajstić information content (AvgIpc) is 2.48. The van der Waals surface area contributed by atoms with Gasteiger partial charge in [0, 0.05) is 23.8 Å². The zero-order valence-corrected chi connectivity index (χ0v) is 15.1. The number of nitrogens with zero attached hydrogens (tertiary/aromatic N) is 1. The topological polar surface area (TPSA) is 63.7 Å². The van der Waals surface area contributed by atoms with Gasteiger partial charge in [-0.2, -0.15) is 0 Å². The van der Waals surface area contributed by atoms with Gasteiger partial charge in [-0.15, -0.1) is 0 Å². The molecular formula is C18H23NO4S. The summed E-state index contributed by atoms with van der Waals surface area (Å²) in [6.45, 7) is 5.33. The number of β-lactam (4-membered cyclic amide) rings is 1. The van der Waals surface area contributed by atoms with Gasteiger partial charge in [0.2, 0.25) is 5.91 Å². The zero-order valence-electron chi connectivity index (χ0n) is 14.3. The molecule has 1 saturated heterocycles. The Morgan fingerprint density at radius 2 is 1.92 bits per heavy atom. The molecule has 1 aromatic rings. The number of thioether (sulfide) groups is 1. The van der Waals surface area contributed by atoms with Crippen LogP contribution in [0.5, 0.6) is 0 Å². The first-order valence-corrected chi connectivity index (χ1v) is 8.83. The van der Waals surface area contributed by atoms with E-state index in [0.29, 0.717) is 19.3 Å². The molecule has 1 amide bonds. The predicted octanol–water partition coefficient (Wildman–Crippen LogP) is 3.03. The Morgan fingerprint density at radius 3 is 2.50 bits per heavy atom. The summed E-state index contributed by atoms with van der Waals surface area (Å²) in [6, 6.07) is 9.42. The number of hydrogen-bond acceptors (Lipinski definition) is 5. The zero-order chi connectivity index (χ0) is 17.7. The lowest BCUT2D eigenvalue weighted by molar-refractivity contribution is -0.165. The lowest BCUT2D eigenvalue weighted by Gasteiger charge is -2.40. The van der Waals surface area contributed by atoms with E-state index in [9.17, 15) is 14.4 Å². The van der Waals surface area contributed by atoms with E-state index in [1.165, 1.54) is 16.7 Å². The van der Waals surface area contributed by atoms with Crippen molar-refractivity contribution in [2.45, 2.75) is 56.6 Å². The quantitative estimate of drug-likeness (QED) is 0.449. The molecule has 0 saturated carbocycles. The molecule has 24 heavy (non-hydrogen) atoms. The summed E-state index contributed by atoms with van der Waals surface area (Å²) in [6.07, 6.45) is 1.35. The van der Waals surface area contributed by atoms with Gasteiger partial charge < -0.3 is 9.64 Å². The summed E-state index contributed by atoms with van der Waals surface area (Å²) in [5, 5.41) is 0.0674. The monoisotopic (exact) mass is 349 g/mol. The van der Waals surface area contributed by atoms with Gasteiger partial charge in [-0.25, -0.2) is 0 Å². The highest BCUT2D eigenvalue weighted by Crippen LogP contribution is 2.27. The number of benzene rings is 1. The molecule has 5 nitrogen and oxygen atoms in total. The second-order valence-corrected chi connectivity index (χ2v) is 7.92. The molecule has 1 fully saturated rings. The van der Waals surface area contributed by atoms with Crippen LogP contribution in [0.25, 0.3) is 0 Å². The van der Waals surface area contributed by atoms with Crippen molar-refractivity contribution in [1.82, 2.24) is 4.90 Å². The van der Waals surface area contributed by atoms with E-state index in [1.54, 1.807) is 20.8 Å². The molecule has 0 radical (unpaired) electrons. The van der Waals surface area contributed by atoms with Crippen LogP contribution in [0.4, 0.5) is 0 Å². The van der Waals surface area contributed by atoms with Crippen LogP contribution in [0.1, 0.15) is 40.0 Å². The summed E-state index contributed by atoms with van der Waals surface area (Å²) in [5.41, 5.74) is -0.567. The van der Waals surface area contributed by atoms with E-state index >= 15 is 0 Å². The van der Waals surface area contributed by atoms with Gasteiger partial charge in [0.15, 0.2) is 5.12 Å². The molecule has 1 heterocycles. The highest BCUT2D eigenvalue weighted by atomic mass is 32.2. The molecule has 0 spiro atoms. The maximum atomic E-state index is 12.0. The van der Waals surface area contributed by atoms with Gasteiger partial charge in [0.05, 0.1) is 0 Å². The van der Waals surface area contributed by atoms with Crippen molar-refractivity contribution in [3.8, 4) is 0 Å². The Kier molecular flexibility index (Phi) is 6.04. The Balaban J connectivity index is 1.77. The number of ether oxygens (including phenoxy) is 1. The molecule has 0 aromatic heterocycles. The lowest BCUT2D eigenvalue weighted by atomic mass is 9.97. The summed E-state index contributed by atoms with van der Waals surface area (Å²) < 4.78 is 5.24. The SMILES string of the molecule is CC(C)(C)OC(=O)CN1C(=O)C[C@H]1CCC(=O)Sc1ccccc1. The first-order valence-electron chi connectivity index (χ1n) is 8.01. The fourth-order valence-corrected chi connectivity index (χ4v) is 3.24. The molecule has 1 atom stereocenters. The van der Waals surface area contributed by atoms with Gasteiger partial charge >= 0.3 is 5.97 Å². The number of esters is 1. The van der Waals surface area contributed by atoms with Crippen LogP contribution in [0.2, 0.25) is 0 Å². The van der Waals surface area contributed by atoms with Crippen molar-refractivity contribution < 1.29 is 19.1 Å². The summed E-state index contributed by atoms with van der Waals surface area (Å²) in [7, 11) is 0. The van der Waals surface area contributed by atoms with Crippen LogP contribution < -0.4 is 0 Å². The Morgan fingerprint density at radius 1 is 1.25 bits per heavy atom. The van der Waals surface area contributed by atoms with E-state index in [2.05, 4.69) is 0 Å². The van der Waals surface area contributed by atoms with Crippen LogP contribution >= 0.6 is 11.8 Å². The molecule has 0 aliphatic carbocycles. The largest absolute Gasteiger partial charge is 0.459 e. The fourth-order valence-electron chi connectivity index (χ4n) is 2.46. The van der Waals surface area contributed by atoms with Gasteiger partial charge in [-0.3, -0.25) is 14.4 Å². The highest BCUT2D eigenvalue weighted by molar-refractivity contribution is 8.13. The van der Waals surface area contributed by atoms with Crippen LogP contribution in [0.15, 0.2) is 35.2 Å². The lowest BCUT2D eigenvalue weighted by Crippen LogP contribution is -2.55. The molecule has 6 heteroatoms. The molecule has 130 valence electrons. The van der Waals surface area contributed by atoms with Gasteiger partial charge in [-0.1, -0.05) is 30.0 Å².